The van der Waals surface area contributed by atoms with Crippen LogP contribution < -0.4 is 10.1 Å². The maximum atomic E-state index is 12.2. The minimum Gasteiger partial charge on any atom is -0.432 e. The van der Waals surface area contributed by atoms with Crippen molar-refractivity contribution >= 4 is 40.2 Å². The predicted octanol–water partition coefficient (Wildman–Crippen LogP) is 5.28. The van der Waals surface area contributed by atoms with Gasteiger partial charge in [-0.05, 0) is 26.0 Å². The molecule has 1 heterocycles. The third kappa shape index (κ3) is 4.18. The fourth-order valence-corrected chi connectivity index (χ4v) is 3.24. The average Bonchev–Trinajstić information content (AvgIpc) is 2.69. The maximum Gasteiger partial charge on any atom is 0.387 e. The first-order valence-corrected chi connectivity index (χ1v) is 7.54. The first kappa shape index (κ1) is 16.3. The molecule has 0 radical (unpaired) electrons. The van der Waals surface area contributed by atoms with Crippen molar-refractivity contribution in [2.24, 2.45) is 0 Å². The number of ether oxygens (including phenoxy) is 1. The van der Waals surface area contributed by atoms with E-state index in [4.69, 9.17) is 23.2 Å². The molecule has 2 rings (SSSR count). The van der Waals surface area contributed by atoms with E-state index in [2.05, 4.69) is 15.0 Å². The van der Waals surface area contributed by atoms with Gasteiger partial charge < -0.3 is 10.1 Å². The number of hydrogen-bond acceptors (Lipinski definition) is 4. The molecule has 0 bridgehead atoms. The molecule has 0 saturated carbocycles. The van der Waals surface area contributed by atoms with E-state index in [-0.39, 0.29) is 15.8 Å². The zero-order valence-corrected chi connectivity index (χ0v) is 13.5. The summed E-state index contributed by atoms with van der Waals surface area (Å²) < 4.78 is 28.8. The number of thiazole rings is 1. The second-order valence-electron chi connectivity index (χ2n) is 4.24. The molecule has 0 spiro atoms. The molecule has 21 heavy (non-hydrogen) atoms. The molecule has 8 heteroatoms. The Kier molecular flexibility index (Phi) is 5.24. The monoisotopic (exact) mass is 352 g/mol. The Labute approximate surface area is 134 Å². The van der Waals surface area contributed by atoms with E-state index in [1.807, 2.05) is 13.8 Å². The maximum absolute atomic E-state index is 12.2. The molecular formula is C13H12Cl2F2N2OS. The van der Waals surface area contributed by atoms with Crippen molar-refractivity contribution in [3.05, 3.63) is 37.8 Å². The molecule has 1 aromatic heterocycles. The standard InChI is InChI=1S/C13H12Cl2F2N2OS/c1-6-11(21-7(2)19-6)5-18-8-3-9(14)12(10(15)4-8)20-13(16)17/h3-4,13,18H,5H2,1-2H3. The first-order chi connectivity index (χ1) is 9.86. The number of nitrogens with one attached hydrogen (secondary N) is 1. The summed E-state index contributed by atoms with van der Waals surface area (Å²) in [5.41, 5.74) is 1.58. The zero-order chi connectivity index (χ0) is 15.6. The minimum atomic E-state index is -2.97. The van der Waals surface area contributed by atoms with Crippen LogP contribution in [0.3, 0.4) is 0 Å². The zero-order valence-electron chi connectivity index (χ0n) is 11.2. The smallest absolute Gasteiger partial charge is 0.387 e. The van der Waals surface area contributed by atoms with Crippen molar-refractivity contribution in [1.29, 1.82) is 0 Å². The lowest BCUT2D eigenvalue weighted by atomic mass is 10.3. The Balaban J connectivity index is 2.13. The number of aryl methyl sites for hydroxylation is 2. The SMILES string of the molecule is Cc1nc(C)c(CNc2cc(Cl)c(OC(F)F)c(Cl)c2)s1. The highest BCUT2D eigenvalue weighted by molar-refractivity contribution is 7.11. The van der Waals surface area contributed by atoms with Crippen molar-refractivity contribution in [2.75, 3.05) is 5.32 Å². The van der Waals surface area contributed by atoms with E-state index in [0.717, 1.165) is 15.6 Å². The lowest BCUT2D eigenvalue weighted by molar-refractivity contribution is -0.0497. The Morgan fingerprint density at radius 2 is 1.90 bits per heavy atom. The summed E-state index contributed by atoms with van der Waals surface area (Å²) >= 11 is 13.4. The molecule has 0 aliphatic carbocycles. The molecule has 0 fully saturated rings. The number of benzene rings is 1. The molecule has 1 aromatic carbocycles. The highest BCUT2D eigenvalue weighted by atomic mass is 35.5. The minimum absolute atomic E-state index is 0.0301. The summed E-state index contributed by atoms with van der Waals surface area (Å²) in [6, 6.07) is 2.99. The van der Waals surface area contributed by atoms with Crippen LogP contribution in [-0.4, -0.2) is 11.6 Å². The number of anilines is 1. The molecule has 0 atom stereocenters. The van der Waals surface area contributed by atoms with E-state index in [9.17, 15) is 8.78 Å². The van der Waals surface area contributed by atoms with E-state index >= 15 is 0 Å². The van der Waals surface area contributed by atoms with Crippen molar-refractivity contribution in [3.8, 4) is 5.75 Å². The van der Waals surface area contributed by atoms with Crippen LogP contribution in [0.2, 0.25) is 10.0 Å². The van der Waals surface area contributed by atoms with E-state index in [1.54, 1.807) is 11.3 Å². The fraction of sp³-hybridized carbons (Fsp3) is 0.308. The van der Waals surface area contributed by atoms with Crippen molar-refractivity contribution in [2.45, 2.75) is 27.0 Å². The van der Waals surface area contributed by atoms with Crippen LogP contribution in [0, 0.1) is 13.8 Å². The Morgan fingerprint density at radius 1 is 1.29 bits per heavy atom. The number of hydrogen-bond donors (Lipinski definition) is 1. The Bertz CT molecular complexity index is 626. The van der Waals surface area contributed by atoms with Crippen LogP contribution in [0.5, 0.6) is 5.75 Å². The highest BCUT2D eigenvalue weighted by Crippen LogP contribution is 2.37. The fourth-order valence-electron chi connectivity index (χ4n) is 1.78. The van der Waals surface area contributed by atoms with Gasteiger partial charge in [0.25, 0.3) is 0 Å². The predicted molar refractivity (Wildman–Crippen MR) is 82.0 cm³/mol. The van der Waals surface area contributed by atoms with Crippen LogP contribution in [-0.2, 0) is 6.54 Å². The number of rotatable bonds is 5. The van der Waals surface area contributed by atoms with Gasteiger partial charge in [-0.3, -0.25) is 0 Å². The van der Waals surface area contributed by atoms with Gasteiger partial charge >= 0.3 is 6.61 Å². The molecule has 1 N–H and O–H groups in total. The summed E-state index contributed by atoms with van der Waals surface area (Å²) in [6.45, 7) is 1.45. The van der Waals surface area contributed by atoms with Crippen LogP contribution in [0.25, 0.3) is 0 Å². The summed E-state index contributed by atoms with van der Waals surface area (Å²) in [5.74, 6) is -0.219. The van der Waals surface area contributed by atoms with Gasteiger partial charge in [-0.25, -0.2) is 4.98 Å². The van der Waals surface area contributed by atoms with E-state index in [1.165, 1.54) is 12.1 Å². The first-order valence-electron chi connectivity index (χ1n) is 5.97. The van der Waals surface area contributed by atoms with Crippen LogP contribution in [0.1, 0.15) is 15.6 Å². The number of aromatic nitrogens is 1. The molecule has 3 nitrogen and oxygen atoms in total. The van der Waals surface area contributed by atoms with Crippen LogP contribution >= 0.6 is 34.5 Å². The largest absolute Gasteiger partial charge is 0.432 e. The number of nitrogens with zero attached hydrogens (tertiary/aromatic N) is 1. The Morgan fingerprint density at radius 3 is 2.38 bits per heavy atom. The molecular weight excluding hydrogens is 341 g/mol. The molecule has 0 amide bonds. The van der Waals surface area contributed by atoms with Gasteiger partial charge in [0, 0.05) is 10.6 Å². The summed E-state index contributed by atoms with van der Waals surface area (Å²) in [5, 5.41) is 4.18. The summed E-state index contributed by atoms with van der Waals surface area (Å²) in [7, 11) is 0. The third-order valence-corrected chi connectivity index (χ3v) is 4.29. The lowest BCUT2D eigenvalue weighted by Gasteiger charge is -2.12. The summed E-state index contributed by atoms with van der Waals surface area (Å²) in [4.78, 5) is 5.42. The summed E-state index contributed by atoms with van der Waals surface area (Å²) in [6.07, 6.45) is 0. The topological polar surface area (TPSA) is 34.2 Å². The second-order valence-corrected chi connectivity index (χ2v) is 6.34. The lowest BCUT2D eigenvalue weighted by Crippen LogP contribution is -2.04. The quantitative estimate of drug-likeness (QED) is 0.794. The van der Waals surface area contributed by atoms with Gasteiger partial charge in [-0.2, -0.15) is 8.78 Å². The van der Waals surface area contributed by atoms with Gasteiger partial charge in [0.15, 0.2) is 5.75 Å². The molecule has 0 aliphatic heterocycles. The number of halogens is 4. The van der Waals surface area contributed by atoms with Crippen LogP contribution in [0.4, 0.5) is 14.5 Å². The second kappa shape index (κ2) is 6.77. The molecule has 2 aromatic rings. The number of alkyl halides is 2. The van der Waals surface area contributed by atoms with Crippen LogP contribution in [0.15, 0.2) is 12.1 Å². The van der Waals surface area contributed by atoms with Gasteiger partial charge in [0.2, 0.25) is 0 Å². The Hall–Kier alpha value is -1.11. The van der Waals surface area contributed by atoms with Crippen molar-refractivity contribution in [1.82, 2.24) is 4.98 Å². The van der Waals surface area contributed by atoms with Gasteiger partial charge in [0.05, 0.1) is 27.3 Å². The van der Waals surface area contributed by atoms with Gasteiger partial charge in [0.1, 0.15) is 0 Å². The normalized spacial score (nSPS) is 11.0. The van der Waals surface area contributed by atoms with E-state index in [0.29, 0.717) is 12.2 Å². The molecule has 0 saturated heterocycles. The van der Waals surface area contributed by atoms with Crippen molar-refractivity contribution < 1.29 is 13.5 Å². The third-order valence-electron chi connectivity index (χ3n) is 2.66. The van der Waals surface area contributed by atoms with E-state index < -0.39 is 6.61 Å². The van der Waals surface area contributed by atoms with Gasteiger partial charge in [-0.15, -0.1) is 11.3 Å². The van der Waals surface area contributed by atoms with Gasteiger partial charge in [-0.1, -0.05) is 23.2 Å². The van der Waals surface area contributed by atoms with Crippen molar-refractivity contribution in [3.63, 3.8) is 0 Å². The highest BCUT2D eigenvalue weighted by Gasteiger charge is 2.14. The average molecular weight is 353 g/mol. The molecule has 0 aliphatic rings. The molecule has 114 valence electrons. The molecule has 0 unspecified atom stereocenters.